The van der Waals surface area contributed by atoms with Gasteiger partial charge < -0.3 is 20.4 Å². The molecule has 0 radical (unpaired) electrons. The van der Waals surface area contributed by atoms with E-state index in [1.807, 2.05) is 27.7 Å². The van der Waals surface area contributed by atoms with E-state index in [1.165, 1.54) is 0 Å². The Balaban J connectivity index is 0.00000172. The van der Waals surface area contributed by atoms with E-state index < -0.39 is 0 Å². The van der Waals surface area contributed by atoms with Crippen LogP contribution in [0.2, 0.25) is 0 Å². The van der Waals surface area contributed by atoms with Crippen molar-refractivity contribution in [2.24, 2.45) is 0 Å². The smallest absolute Gasteiger partial charge is 0.315 e. The van der Waals surface area contributed by atoms with Gasteiger partial charge in [0, 0.05) is 25.7 Å². The molecule has 0 aliphatic carbocycles. The van der Waals surface area contributed by atoms with Crippen molar-refractivity contribution in [1.82, 2.24) is 20.4 Å². The molecule has 1 aliphatic rings. The molecular formula is C15H34N4O. The molecule has 0 aromatic carbocycles. The number of rotatable bonds is 4. The van der Waals surface area contributed by atoms with Gasteiger partial charge in [-0.2, -0.15) is 0 Å². The van der Waals surface area contributed by atoms with Crippen molar-refractivity contribution < 1.29 is 4.79 Å². The zero-order valence-electron chi connectivity index (χ0n) is 14.4. The van der Waals surface area contributed by atoms with Crippen LogP contribution in [0.3, 0.4) is 0 Å². The Morgan fingerprint density at radius 3 is 2.15 bits per heavy atom. The van der Waals surface area contributed by atoms with E-state index >= 15 is 0 Å². The van der Waals surface area contributed by atoms with E-state index in [-0.39, 0.29) is 17.6 Å². The summed E-state index contributed by atoms with van der Waals surface area (Å²) in [5.41, 5.74) is -0.0883. The Labute approximate surface area is 125 Å². The lowest BCUT2D eigenvalue weighted by Crippen LogP contribution is -2.61. The molecule has 1 heterocycles. The van der Waals surface area contributed by atoms with Crippen LogP contribution >= 0.6 is 0 Å². The Bertz CT molecular complexity index is 271. The molecule has 20 heavy (non-hydrogen) atoms. The second kappa shape index (κ2) is 9.19. The van der Waals surface area contributed by atoms with E-state index in [0.29, 0.717) is 0 Å². The SMILES string of the molecule is CC.CC(C)NC(=O)NC1(CN(C)C)CCN(C)CC1. The lowest BCUT2D eigenvalue weighted by Gasteiger charge is -2.42. The average Bonchev–Trinajstić information content (AvgIpc) is 2.33. The molecule has 0 unspecified atom stereocenters. The van der Waals surface area contributed by atoms with Crippen molar-refractivity contribution in [3.63, 3.8) is 0 Å². The van der Waals surface area contributed by atoms with Crippen molar-refractivity contribution in [3.05, 3.63) is 0 Å². The van der Waals surface area contributed by atoms with Crippen molar-refractivity contribution in [3.8, 4) is 0 Å². The molecule has 1 aliphatic heterocycles. The van der Waals surface area contributed by atoms with Crippen LogP contribution in [0.4, 0.5) is 4.79 Å². The highest BCUT2D eigenvalue weighted by Gasteiger charge is 2.35. The van der Waals surface area contributed by atoms with Gasteiger partial charge in [0.05, 0.1) is 5.54 Å². The molecule has 1 fully saturated rings. The van der Waals surface area contributed by atoms with Gasteiger partial charge in [-0.1, -0.05) is 13.8 Å². The summed E-state index contributed by atoms with van der Waals surface area (Å²) in [4.78, 5) is 16.4. The van der Waals surface area contributed by atoms with E-state index in [2.05, 4.69) is 41.6 Å². The van der Waals surface area contributed by atoms with Gasteiger partial charge in [0.1, 0.15) is 0 Å². The summed E-state index contributed by atoms with van der Waals surface area (Å²) >= 11 is 0. The topological polar surface area (TPSA) is 47.6 Å². The lowest BCUT2D eigenvalue weighted by atomic mass is 9.87. The minimum Gasteiger partial charge on any atom is -0.336 e. The highest BCUT2D eigenvalue weighted by atomic mass is 16.2. The van der Waals surface area contributed by atoms with Crippen molar-refractivity contribution in [1.29, 1.82) is 0 Å². The maximum atomic E-state index is 11.9. The second-order valence-corrected chi connectivity index (χ2v) is 6.07. The van der Waals surface area contributed by atoms with E-state index in [9.17, 15) is 4.79 Å². The number of carbonyl (C=O) groups excluding carboxylic acids is 1. The molecule has 120 valence electrons. The molecule has 0 atom stereocenters. The number of hydrogen-bond acceptors (Lipinski definition) is 3. The molecule has 5 heteroatoms. The fourth-order valence-corrected chi connectivity index (χ4v) is 2.51. The van der Waals surface area contributed by atoms with E-state index in [0.717, 1.165) is 32.5 Å². The van der Waals surface area contributed by atoms with Gasteiger partial charge in [-0.05, 0) is 47.8 Å². The van der Waals surface area contributed by atoms with Gasteiger partial charge in [0.2, 0.25) is 0 Å². The molecular weight excluding hydrogens is 252 g/mol. The molecule has 1 rings (SSSR count). The predicted molar refractivity (Wildman–Crippen MR) is 86.2 cm³/mol. The first-order valence-electron chi connectivity index (χ1n) is 7.75. The number of amides is 2. The van der Waals surface area contributed by atoms with Crippen molar-refractivity contribution in [2.75, 3.05) is 40.8 Å². The highest BCUT2D eigenvalue weighted by Crippen LogP contribution is 2.22. The van der Waals surface area contributed by atoms with E-state index in [1.54, 1.807) is 0 Å². The number of carbonyl (C=O) groups is 1. The van der Waals surface area contributed by atoms with Gasteiger partial charge >= 0.3 is 6.03 Å². The van der Waals surface area contributed by atoms with Gasteiger partial charge in [0.25, 0.3) is 0 Å². The molecule has 2 N–H and O–H groups in total. The Kier molecular flexibility index (Phi) is 8.81. The second-order valence-electron chi connectivity index (χ2n) is 6.07. The number of nitrogens with one attached hydrogen (secondary N) is 2. The standard InChI is InChI=1S/C13H28N4O.C2H6/c1-11(2)14-12(18)15-13(10-16(3)4)6-8-17(5)9-7-13;1-2/h11H,6-10H2,1-5H3,(H2,14,15,18);1-2H3. The predicted octanol–water partition coefficient (Wildman–Crippen LogP) is 1.75. The van der Waals surface area contributed by atoms with Crippen LogP contribution in [0.15, 0.2) is 0 Å². The van der Waals surface area contributed by atoms with Gasteiger partial charge in [0.15, 0.2) is 0 Å². The zero-order valence-corrected chi connectivity index (χ0v) is 14.4. The normalized spacial score (nSPS) is 18.4. The third-order valence-electron chi connectivity index (χ3n) is 3.36. The first kappa shape index (κ1) is 19.2. The molecule has 2 amide bonds. The molecule has 1 saturated heterocycles. The zero-order chi connectivity index (χ0) is 15.8. The Morgan fingerprint density at radius 2 is 1.75 bits per heavy atom. The van der Waals surface area contributed by atoms with Crippen LogP contribution in [0.1, 0.15) is 40.5 Å². The monoisotopic (exact) mass is 286 g/mol. The third kappa shape index (κ3) is 7.10. The summed E-state index contributed by atoms with van der Waals surface area (Å²) in [5, 5.41) is 6.11. The Hall–Kier alpha value is -0.810. The quantitative estimate of drug-likeness (QED) is 0.828. The molecule has 0 aromatic rings. The maximum Gasteiger partial charge on any atom is 0.315 e. The van der Waals surface area contributed by atoms with Crippen LogP contribution in [0, 0.1) is 0 Å². The molecule has 0 spiro atoms. The van der Waals surface area contributed by atoms with Crippen molar-refractivity contribution >= 4 is 6.03 Å². The fraction of sp³-hybridized carbons (Fsp3) is 0.933. The summed E-state index contributed by atoms with van der Waals surface area (Å²) in [6.07, 6.45) is 2.01. The molecule has 0 aromatic heterocycles. The summed E-state index contributed by atoms with van der Waals surface area (Å²) < 4.78 is 0. The lowest BCUT2D eigenvalue weighted by molar-refractivity contribution is 0.129. The highest BCUT2D eigenvalue weighted by molar-refractivity contribution is 5.75. The number of hydrogen-bond donors (Lipinski definition) is 2. The summed E-state index contributed by atoms with van der Waals surface area (Å²) in [6.45, 7) is 10.9. The summed E-state index contributed by atoms with van der Waals surface area (Å²) in [6, 6.07) is 0.129. The minimum atomic E-state index is -0.0883. The first-order valence-corrected chi connectivity index (χ1v) is 7.75. The van der Waals surface area contributed by atoms with Crippen LogP contribution in [-0.4, -0.2) is 68.2 Å². The first-order chi connectivity index (χ1) is 9.33. The number of likely N-dealkylation sites (N-methyl/N-ethyl adjacent to an activating group) is 1. The minimum absolute atomic E-state index is 0.0450. The molecule has 0 saturated carbocycles. The van der Waals surface area contributed by atoms with Gasteiger partial charge in [-0.15, -0.1) is 0 Å². The van der Waals surface area contributed by atoms with Crippen LogP contribution < -0.4 is 10.6 Å². The van der Waals surface area contributed by atoms with Crippen LogP contribution in [0.5, 0.6) is 0 Å². The van der Waals surface area contributed by atoms with E-state index in [4.69, 9.17) is 0 Å². The summed E-state index contributed by atoms with van der Waals surface area (Å²) in [5.74, 6) is 0. The largest absolute Gasteiger partial charge is 0.336 e. The van der Waals surface area contributed by atoms with Gasteiger partial charge in [-0.3, -0.25) is 0 Å². The number of likely N-dealkylation sites (tertiary alicyclic amines) is 1. The fourth-order valence-electron chi connectivity index (χ4n) is 2.51. The number of nitrogens with zero attached hydrogens (tertiary/aromatic N) is 2. The van der Waals surface area contributed by atoms with Crippen LogP contribution in [0.25, 0.3) is 0 Å². The third-order valence-corrected chi connectivity index (χ3v) is 3.36. The Morgan fingerprint density at radius 1 is 1.25 bits per heavy atom. The summed E-state index contributed by atoms with van der Waals surface area (Å²) in [7, 11) is 6.25. The van der Waals surface area contributed by atoms with Crippen LogP contribution in [-0.2, 0) is 0 Å². The average molecular weight is 286 g/mol. The number of piperidine rings is 1. The molecule has 0 bridgehead atoms. The van der Waals surface area contributed by atoms with Gasteiger partial charge in [-0.25, -0.2) is 4.79 Å². The maximum absolute atomic E-state index is 11.9. The van der Waals surface area contributed by atoms with Crippen molar-refractivity contribution in [2.45, 2.75) is 52.1 Å². The number of urea groups is 1. The molecule has 5 nitrogen and oxygen atoms in total.